The summed E-state index contributed by atoms with van der Waals surface area (Å²) in [6.07, 6.45) is 3.32. The summed E-state index contributed by atoms with van der Waals surface area (Å²) in [5.74, 6) is 1.55. The van der Waals surface area contributed by atoms with Crippen molar-refractivity contribution in [1.82, 2.24) is 19.9 Å². The van der Waals surface area contributed by atoms with Gasteiger partial charge in [0.2, 0.25) is 11.9 Å². The summed E-state index contributed by atoms with van der Waals surface area (Å²) in [6.45, 7) is 2.81. The number of nitrogens with zero attached hydrogens (tertiary/aromatic N) is 4. The Morgan fingerprint density at radius 3 is 2.91 bits per heavy atom. The SMILES string of the molecule is CCOc1nc(NCc2ccco2)nc(Nc2nccs2)n1. The van der Waals surface area contributed by atoms with Crippen molar-refractivity contribution in [3.05, 3.63) is 35.7 Å². The summed E-state index contributed by atoms with van der Waals surface area (Å²) in [5, 5.41) is 8.65. The van der Waals surface area contributed by atoms with E-state index in [9.17, 15) is 0 Å². The van der Waals surface area contributed by atoms with Gasteiger partial charge in [-0.05, 0) is 19.1 Å². The number of aromatic nitrogens is 4. The Bertz CT molecular complexity index is 701. The van der Waals surface area contributed by atoms with E-state index < -0.39 is 0 Å². The van der Waals surface area contributed by atoms with Crippen LogP contribution >= 0.6 is 11.3 Å². The number of nitrogens with one attached hydrogen (secondary N) is 2. The molecule has 0 bridgehead atoms. The first-order valence-corrected chi connectivity index (χ1v) is 7.53. The third-order valence-electron chi connectivity index (χ3n) is 2.54. The maximum absolute atomic E-state index is 5.36. The molecule has 0 radical (unpaired) electrons. The summed E-state index contributed by atoms with van der Waals surface area (Å²) in [7, 11) is 0. The van der Waals surface area contributed by atoms with E-state index in [4.69, 9.17) is 9.15 Å². The fourth-order valence-corrected chi connectivity index (χ4v) is 2.17. The largest absolute Gasteiger partial charge is 0.467 e. The molecule has 22 heavy (non-hydrogen) atoms. The first-order valence-electron chi connectivity index (χ1n) is 6.65. The van der Waals surface area contributed by atoms with Crippen LogP contribution in [0.15, 0.2) is 34.4 Å². The van der Waals surface area contributed by atoms with Gasteiger partial charge in [-0.2, -0.15) is 15.0 Å². The first-order chi connectivity index (χ1) is 10.8. The Morgan fingerprint density at radius 2 is 2.18 bits per heavy atom. The molecule has 0 aliphatic heterocycles. The fraction of sp³-hybridized carbons (Fsp3) is 0.231. The zero-order valence-corrected chi connectivity index (χ0v) is 12.6. The first kappa shape index (κ1) is 14.3. The van der Waals surface area contributed by atoms with Gasteiger partial charge in [-0.1, -0.05) is 0 Å². The van der Waals surface area contributed by atoms with E-state index in [0.717, 1.165) is 5.76 Å². The van der Waals surface area contributed by atoms with Crippen molar-refractivity contribution < 1.29 is 9.15 Å². The second-order valence-electron chi connectivity index (χ2n) is 4.09. The number of ether oxygens (including phenoxy) is 1. The number of furan rings is 1. The molecule has 114 valence electrons. The van der Waals surface area contributed by atoms with Crippen LogP contribution in [-0.4, -0.2) is 26.5 Å². The summed E-state index contributed by atoms with van der Waals surface area (Å²) in [5.41, 5.74) is 0. The second-order valence-corrected chi connectivity index (χ2v) is 4.99. The summed E-state index contributed by atoms with van der Waals surface area (Å²) in [4.78, 5) is 16.8. The smallest absolute Gasteiger partial charge is 0.323 e. The van der Waals surface area contributed by atoms with Gasteiger partial charge in [0.05, 0.1) is 19.4 Å². The van der Waals surface area contributed by atoms with Gasteiger partial charge in [-0.3, -0.25) is 5.32 Å². The second kappa shape index (κ2) is 6.85. The van der Waals surface area contributed by atoms with E-state index in [-0.39, 0.29) is 6.01 Å². The number of rotatable bonds is 7. The van der Waals surface area contributed by atoms with Gasteiger partial charge in [0.25, 0.3) is 0 Å². The molecule has 3 heterocycles. The van der Waals surface area contributed by atoms with Crippen LogP contribution < -0.4 is 15.4 Å². The molecule has 8 nitrogen and oxygen atoms in total. The van der Waals surface area contributed by atoms with Crippen LogP contribution in [0.1, 0.15) is 12.7 Å². The molecule has 3 aromatic rings. The Hall–Kier alpha value is -2.68. The van der Waals surface area contributed by atoms with Crippen molar-refractivity contribution in [2.75, 3.05) is 17.2 Å². The van der Waals surface area contributed by atoms with Crippen LogP contribution in [-0.2, 0) is 6.54 Å². The maximum atomic E-state index is 5.36. The van der Waals surface area contributed by atoms with E-state index in [1.807, 2.05) is 24.4 Å². The van der Waals surface area contributed by atoms with Crippen molar-refractivity contribution in [2.45, 2.75) is 13.5 Å². The Labute approximate surface area is 130 Å². The molecule has 9 heteroatoms. The monoisotopic (exact) mass is 318 g/mol. The van der Waals surface area contributed by atoms with Crippen LogP contribution in [0.4, 0.5) is 17.0 Å². The normalized spacial score (nSPS) is 10.4. The lowest BCUT2D eigenvalue weighted by molar-refractivity contribution is 0.312. The third kappa shape index (κ3) is 3.70. The van der Waals surface area contributed by atoms with Crippen molar-refractivity contribution in [1.29, 1.82) is 0 Å². The molecule has 0 amide bonds. The highest BCUT2D eigenvalue weighted by Crippen LogP contribution is 2.18. The molecule has 3 rings (SSSR count). The molecule has 0 fully saturated rings. The zero-order valence-electron chi connectivity index (χ0n) is 11.8. The van der Waals surface area contributed by atoms with Gasteiger partial charge in [0, 0.05) is 11.6 Å². The van der Waals surface area contributed by atoms with Crippen LogP contribution in [0, 0.1) is 0 Å². The van der Waals surface area contributed by atoms with Crippen LogP contribution in [0.2, 0.25) is 0 Å². The van der Waals surface area contributed by atoms with Gasteiger partial charge in [-0.15, -0.1) is 11.3 Å². The fourth-order valence-electron chi connectivity index (χ4n) is 1.65. The van der Waals surface area contributed by atoms with Gasteiger partial charge in [0.1, 0.15) is 5.76 Å². The quantitative estimate of drug-likeness (QED) is 0.686. The minimum Gasteiger partial charge on any atom is -0.467 e. The van der Waals surface area contributed by atoms with E-state index in [1.54, 1.807) is 12.5 Å². The van der Waals surface area contributed by atoms with Gasteiger partial charge in [0.15, 0.2) is 5.13 Å². The predicted molar refractivity (Wildman–Crippen MR) is 82.4 cm³/mol. The zero-order chi connectivity index (χ0) is 15.2. The molecule has 3 aromatic heterocycles. The van der Waals surface area contributed by atoms with Crippen molar-refractivity contribution in [2.24, 2.45) is 0 Å². The topological polar surface area (TPSA) is 98.0 Å². The highest BCUT2D eigenvalue weighted by molar-refractivity contribution is 7.13. The van der Waals surface area contributed by atoms with Crippen molar-refractivity contribution in [3.8, 4) is 6.01 Å². The molecular formula is C13H14N6O2S. The lowest BCUT2D eigenvalue weighted by Crippen LogP contribution is -2.09. The molecule has 2 N–H and O–H groups in total. The van der Waals surface area contributed by atoms with Crippen molar-refractivity contribution in [3.63, 3.8) is 0 Å². The van der Waals surface area contributed by atoms with Crippen LogP contribution in [0.5, 0.6) is 6.01 Å². The van der Waals surface area contributed by atoms with E-state index >= 15 is 0 Å². The lowest BCUT2D eigenvalue weighted by Gasteiger charge is -2.08. The highest BCUT2D eigenvalue weighted by Gasteiger charge is 2.09. The molecule has 0 aliphatic carbocycles. The summed E-state index contributed by atoms with van der Waals surface area (Å²) < 4.78 is 10.6. The van der Waals surface area contributed by atoms with E-state index in [2.05, 4.69) is 30.6 Å². The number of hydrogen-bond donors (Lipinski definition) is 2. The molecule has 0 saturated heterocycles. The Morgan fingerprint density at radius 1 is 1.27 bits per heavy atom. The Balaban J connectivity index is 1.76. The Kier molecular flexibility index (Phi) is 4.44. The average molecular weight is 318 g/mol. The maximum Gasteiger partial charge on any atom is 0.323 e. The summed E-state index contributed by atoms with van der Waals surface area (Å²) >= 11 is 1.46. The van der Waals surface area contributed by atoms with Gasteiger partial charge >= 0.3 is 6.01 Å². The standard InChI is InChI=1S/C13H14N6O2S/c1-2-20-12-17-10(15-8-9-4-3-6-21-9)16-11(18-12)19-13-14-5-7-22-13/h3-7H,2,8H2,1H3,(H2,14,15,16,17,18,19). The van der Waals surface area contributed by atoms with E-state index in [0.29, 0.717) is 30.2 Å². The molecule has 0 atom stereocenters. The van der Waals surface area contributed by atoms with Crippen LogP contribution in [0.25, 0.3) is 0 Å². The number of hydrogen-bond acceptors (Lipinski definition) is 9. The number of thiazole rings is 1. The average Bonchev–Trinajstić information content (AvgIpc) is 3.18. The summed E-state index contributed by atoms with van der Waals surface area (Å²) in [6, 6.07) is 3.94. The third-order valence-corrected chi connectivity index (χ3v) is 3.23. The molecule has 0 aromatic carbocycles. The van der Waals surface area contributed by atoms with Crippen molar-refractivity contribution >= 4 is 28.4 Å². The van der Waals surface area contributed by atoms with Crippen LogP contribution in [0.3, 0.4) is 0 Å². The predicted octanol–water partition coefficient (Wildman–Crippen LogP) is 2.68. The molecule has 0 aliphatic rings. The minimum absolute atomic E-state index is 0.249. The minimum atomic E-state index is 0.249. The molecule has 0 saturated carbocycles. The van der Waals surface area contributed by atoms with Gasteiger partial charge < -0.3 is 14.5 Å². The molecular weight excluding hydrogens is 304 g/mol. The molecule has 0 spiro atoms. The molecule has 0 unspecified atom stereocenters. The van der Waals surface area contributed by atoms with Gasteiger partial charge in [-0.25, -0.2) is 4.98 Å². The highest BCUT2D eigenvalue weighted by atomic mass is 32.1. The van der Waals surface area contributed by atoms with E-state index in [1.165, 1.54) is 11.3 Å². The number of anilines is 3. The lowest BCUT2D eigenvalue weighted by atomic mass is 10.4.